The van der Waals surface area contributed by atoms with E-state index in [1.165, 1.54) is 0 Å². The summed E-state index contributed by atoms with van der Waals surface area (Å²) in [5, 5.41) is 8.40. The van der Waals surface area contributed by atoms with E-state index in [2.05, 4.69) is 4.72 Å². The quantitative estimate of drug-likeness (QED) is 0.784. The third-order valence-corrected chi connectivity index (χ3v) is 7.19. The van der Waals surface area contributed by atoms with Gasteiger partial charge in [-0.3, -0.25) is 0 Å². The van der Waals surface area contributed by atoms with Crippen molar-refractivity contribution in [2.24, 2.45) is 0 Å². The van der Waals surface area contributed by atoms with E-state index in [9.17, 15) is 21.9 Å². The molecule has 0 radical (unpaired) electrons. The first kappa shape index (κ1) is 15.4. The summed E-state index contributed by atoms with van der Waals surface area (Å²) in [5.41, 5.74) is 0.638. The fraction of sp³-hybridized carbons (Fsp3) is 0.500. The van der Waals surface area contributed by atoms with Gasteiger partial charge in [-0.1, -0.05) is 30.3 Å². The summed E-state index contributed by atoms with van der Waals surface area (Å²) >= 11 is 0. The molecule has 1 aliphatic rings. The molecule has 1 saturated heterocycles. The van der Waals surface area contributed by atoms with Gasteiger partial charge in [-0.05, 0) is 12.0 Å². The molecule has 2 atom stereocenters. The minimum Gasteiger partial charge on any atom is -0.394 e. The van der Waals surface area contributed by atoms with Crippen LogP contribution in [0.4, 0.5) is 0 Å². The minimum absolute atomic E-state index is 0.102. The van der Waals surface area contributed by atoms with E-state index in [1.807, 2.05) is 0 Å². The van der Waals surface area contributed by atoms with Crippen LogP contribution < -0.4 is 4.72 Å². The van der Waals surface area contributed by atoms with Crippen LogP contribution in [0.5, 0.6) is 0 Å². The highest BCUT2D eigenvalue weighted by Crippen LogP contribution is 2.21. The van der Waals surface area contributed by atoms with Gasteiger partial charge in [0.15, 0.2) is 9.84 Å². The molecule has 0 spiro atoms. The molecule has 2 N–H and O–H groups in total. The van der Waals surface area contributed by atoms with Gasteiger partial charge in [0.05, 0.1) is 29.4 Å². The Morgan fingerprint density at radius 1 is 1.30 bits per heavy atom. The van der Waals surface area contributed by atoms with E-state index in [-0.39, 0.29) is 24.5 Å². The van der Waals surface area contributed by atoms with Crippen LogP contribution in [0.25, 0.3) is 0 Å². The third kappa shape index (κ3) is 3.57. The van der Waals surface area contributed by atoms with Gasteiger partial charge < -0.3 is 5.11 Å². The smallest absolute Gasteiger partial charge is 0.216 e. The Balaban J connectivity index is 2.15. The van der Waals surface area contributed by atoms with Crippen LogP contribution in [0.1, 0.15) is 18.0 Å². The van der Waals surface area contributed by atoms with Crippen LogP contribution in [0.2, 0.25) is 0 Å². The molecule has 1 unspecified atom stereocenters. The number of nitrogens with one attached hydrogen (secondary N) is 1. The first-order valence-electron chi connectivity index (χ1n) is 6.21. The summed E-state index contributed by atoms with van der Waals surface area (Å²) in [4.78, 5) is 0. The molecule has 2 rings (SSSR count). The zero-order valence-electron chi connectivity index (χ0n) is 10.8. The Kier molecular flexibility index (Phi) is 4.48. The molecular formula is C12H17NO5S2. The monoisotopic (exact) mass is 319 g/mol. The zero-order chi connectivity index (χ0) is 14.8. The summed E-state index contributed by atoms with van der Waals surface area (Å²) < 4.78 is 49.5. The highest BCUT2D eigenvalue weighted by Gasteiger charge is 2.38. The molecule has 1 heterocycles. The minimum atomic E-state index is -3.78. The molecule has 0 amide bonds. The lowest BCUT2D eigenvalue weighted by Gasteiger charge is -2.19. The predicted molar refractivity (Wildman–Crippen MR) is 75.4 cm³/mol. The lowest BCUT2D eigenvalue weighted by atomic mass is 10.1. The SMILES string of the molecule is O=S1(=O)CCC(S(=O)(=O)N[C@@H](CO)c2ccccc2)C1. The van der Waals surface area contributed by atoms with Gasteiger partial charge in [0.1, 0.15) is 0 Å². The fourth-order valence-corrected chi connectivity index (χ4v) is 6.46. The molecule has 20 heavy (non-hydrogen) atoms. The zero-order valence-corrected chi connectivity index (χ0v) is 12.4. The van der Waals surface area contributed by atoms with E-state index < -0.39 is 31.2 Å². The third-order valence-electron chi connectivity index (χ3n) is 3.32. The van der Waals surface area contributed by atoms with Crippen LogP contribution in [0.3, 0.4) is 0 Å². The van der Waals surface area contributed by atoms with Crippen LogP contribution in [-0.2, 0) is 19.9 Å². The number of sulfone groups is 1. The first-order chi connectivity index (χ1) is 9.34. The van der Waals surface area contributed by atoms with Gasteiger partial charge in [0, 0.05) is 0 Å². The molecule has 1 aromatic rings. The van der Waals surface area contributed by atoms with E-state index in [0.717, 1.165) is 0 Å². The van der Waals surface area contributed by atoms with Gasteiger partial charge in [-0.25, -0.2) is 21.6 Å². The fourth-order valence-electron chi connectivity index (χ4n) is 2.20. The molecule has 0 bridgehead atoms. The number of hydrogen-bond donors (Lipinski definition) is 2. The molecule has 1 aliphatic heterocycles. The molecule has 112 valence electrons. The number of aliphatic hydroxyl groups is 1. The maximum Gasteiger partial charge on any atom is 0.216 e. The molecule has 0 aromatic heterocycles. The average Bonchev–Trinajstić information content (AvgIpc) is 2.78. The van der Waals surface area contributed by atoms with E-state index in [4.69, 9.17) is 0 Å². The maximum absolute atomic E-state index is 12.2. The number of aliphatic hydroxyl groups excluding tert-OH is 1. The van der Waals surface area contributed by atoms with Crippen molar-refractivity contribution in [1.82, 2.24) is 4.72 Å². The van der Waals surface area contributed by atoms with Crippen molar-refractivity contribution < 1.29 is 21.9 Å². The Bertz CT molecular complexity index is 654. The molecule has 1 aromatic carbocycles. The van der Waals surface area contributed by atoms with Crippen LogP contribution in [0, 0.1) is 0 Å². The van der Waals surface area contributed by atoms with Crippen molar-refractivity contribution in [2.45, 2.75) is 17.7 Å². The van der Waals surface area contributed by atoms with Gasteiger partial charge in [-0.15, -0.1) is 0 Å². The number of hydrogen-bond acceptors (Lipinski definition) is 5. The lowest BCUT2D eigenvalue weighted by Crippen LogP contribution is -2.38. The van der Waals surface area contributed by atoms with E-state index >= 15 is 0 Å². The van der Waals surface area contributed by atoms with Gasteiger partial charge in [-0.2, -0.15) is 0 Å². The Morgan fingerprint density at radius 2 is 1.95 bits per heavy atom. The topological polar surface area (TPSA) is 101 Å². The Hall–Kier alpha value is -0.960. The number of benzene rings is 1. The largest absolute Gasteiger partial charge is 0.394 e. The van der Waals surface area contributed by atoms with Crippen LogP contribution in [0.15, 0.2) is 30.3 Å². The Morgan fingerprint density at radius 3 is 2.45 bits per heavy atom. The second-order valence-corrected chi connectivity index (χ2v) is 9.05. The number of sulfonamides is 1. The molecule has 0 saturated carbocycles. The molecule has 1 fully saturated rings. The molecule has 6 nitrogen and oxygen atoms in total. The average molecular weight is 319 g/mol. The summed E-state index contributed by atoms with van der Waals surface area (Å²) in [6, 6.07) is 7.92. The van der Waals surface area contributed by atoms with E-state index in [1.54, 1.807) is 30.3 Å². The Labute approximate surface area is 118 Å². The highest BCUT2D eigenvalue weighted by atomic mass is 32.2. The van der Waals surface area contributed by atoms with Crippen molar-refractivity contribution in [3.8, 4) is 0 Å². The number of rotatable bonds is 5. The molecule has 0 aliphatic carbocycles. The second-order valence-electron chi connectivity index (χ2n) is 4.83. The molecule has 8 heteroatoms. The summed E-state index contributed by atoms with van der Waals surface area (Å²) in [6.07, 6.45) is 0.102. The van der Waals surface area contributed by atoms with Gasteiger partial charge in [0.25, 0.3) is 0 Å². The first-order valence-corrected chi connectivity index (χ1v) is 9.58. The normalized spacial score (nSPS) is 23.6. The lowest BCUT2D eigenvalue weighted by molar-refractivity contribution is 0.258. The van der Waals surface area contributed by atoms with Crippen molar-refractivity contribution in [3.63, 3.8) is 0 Å². The predicted octanol–water partition coefficient (Wildman–Crippen LogP) is -0.173. The van der Waals surface area contributed by atoms with E-state index in [0.29, 0.717) is 5.56 Å². The standard InChI is InChI=1S/C12H17NO5S2/c14-8-12(10-4-2-1-3-5-10)13-20(17,18)11-6-7-19(15,16)9-11/h1-5,11-14H,6-9H2/t11?,12-/m0/s1. The van der Waals surface area contributed by atoms with Crippen molar-refractivity contribution in [2.75, 3.05) is 18.1 Å². The van der Waals surface area contributed by atoms with Gasteiger partial charge in [0.2, 0.25) is 10.0 Å². The van der Waals surface area contributed by atoms with Crippen molar-refractivity contribution >= 4 is 19.9 Å². The summed E-state index contributed by atoms with van der Waals surface area (Å²) in [7, 11) is -7.05. The second kappa shape index (κ2) is 5.80. The van der Waals surface area contributed by atoms with Crippen molar-refractivity contribution in [1.29, 1.82) is 0 Å². The maximum atomic E-state index is 12.2. The molecular weight excluding hydrogens is 302 g/mol. The summed E-state index contributed by atoms with van der Waals surface area (Å²) in [6.45, 7) is -0.386. The van der Waals surface area contributed by atoms with Gasteiger partial charge >= 0.3 is 0 Å². The van der Waals surface area contributed by atoms with Crippen LogP contribution in [-0.4, -0.2) is 45.3 Å². The van der Waals surface area contributed by atoms with Crippen molar-refractivity contribution in [3.05, 3.63) is 35.9 Å². The highest BCUT2D eigenvalue weighted by molar-refractivity contribution is 7.95. The van der Waals surface area contributed by atoms with Crippen LogP contribution >= 0.6 is 0 Å². The summed E-state index contributed by atoms with van der Waals surface area (Å²) in [5.74, 6) is -0.455.